The second-order valence-electron chi connectivity index (χ2n) is 7.19. The van der Waals surface area contributed by atoms with E-state index < -0.39 is 18.2 Å². The number of rotatable bonds is 4. The minimum atomic E-state index is -4.79. The lowest BCUT2D eigenvalue weighted by molar-refractivity contribution is -0.275. The first-order valence-corrected chi connectivity index (χ1v) is 10.2. The molecule has 1 atom stereocenters. The Hall–Kier alpha value is -3.03. The van der Waals surface area contributed by atoms with Gasteiger partial charge in [-0.1, -0.05) is 58.7 Å². The molecule has 0 aromatic heterocycles. The van der Waals surface area contributed by atoms with Crippen molar-refractivity contribution in [3.05, 3.63) is 99.5 Å². The lowest BCUT2D eigenvalue weighted by Gasteiger charge is -2.29. The Morgan fingerprint density at radius 3 is 2.31 bits per heavy atom. The largest absolute Gasteiger partial charge is 0.435 e. The van der Waals surface area contributed by atoms with Crippen molar-refractivity contribution >= 4 is 40.5 Å². The molecule has 0 aliphatic carbocycles. The molecule has 9 heteroatoms. The van der Waals surface area contributed by atoms with Crippen LogP contribution >= 0.6 is 23.2 Å². The SMILES string of the molecule is O=C(Nc1cccc(C2=NOC(c3cc(Cl)cc(Cl)c3)(C(F)(F)F)C2)c1)c1ccccc1. The Morgan fingerprint density at radius 2 is 1.66 bits per heavy atom. The van der Waals surface area contributed by atoms with Gasteiger partial charge >= 0.3 is 6.18 Å². The van der Waals surface area contributed by atoms with Crippen molar-refractivity contribution < 1.29 is 22.8 Å². The van der Waals surface area contributed by atoms with E-state index in [9.17, 15) is 18.0 Å². The number of anilines is 1. The molecule has 4 rings (SSSR count). The van der Waals surface area contributed by atoms with E-state index in [0.29, 0.717) is 16.8 Å². The Bertz CT molecular complexity index is 1180. The van der Waals surface area contributed by atoms with Crippen LogP contribution in [0.15, 0.2) is 78.0 Å². The summed E-state index contributed by atoms with van der Waals surface area (Å²) in [7, 11) is 0. The van der Waals surface area contributed by atoms with Gasteiger partial charge in [0, 0.05) is 38.8 Å². The summed E-state index contributed by atoms with van der Waals surface area (Å²) >= 11 is 11.9. The summed E-state index contributed by atoms with van der Waals surface area (Å²) in [5.41, 5.74) is -1.64. The molecule has 1 unspecified atom stereocenters. The summed E-state index contributed by atoms with van der Waals surface area (Å²) in [6.45, 7) is 0. The van der Waals surface area contributed by atoms with Gasteiger partial charge in [-0.3, -0.25) is 4.79 Å². The van der Waals surface area contributed by atoms with Crippen molar-refractivity contribution in [3.8, 4) is 0 Å². The maximum atomic E-state index is 14.2. The van der Waals surface area contributed by atoms with E-state index in [1.165, 1.54) is 6.07 Å². The summed E-state index contributed by atoms with van der Waals surface area (Å²) in [4.78, 5) is 17.4. The molecule has 0 saturated carbocycles. The van der Waals surface area contributed by atoms with Crippen molar-refractivity contribution in [3.63, 3.8) is 0 Å². The highest BCUT2D eigenvalue weighted by atomic mass is 35.5. The van der Waals surface area contributed by atoms with Crippen LogP contribution in [0.3, 0.4) is 0 Å². The third-order valence-corrected chi connectivity index (χ3v) is 5.44. The minimum absolute atomic E-state index is 0.0544. The number of nitrogens with zero attached hydrogens (tertiary/aromatic N) is 1. The number of carbonyl (C=O) groups is 1. The van der Waals surface area contributed by atoms with Crippen LogP contribution in [-0.4, -0.2) is 17.8 Å². The fourth-order valence-corrected chi connectivity index (χ4v) is 3.94. The van der Waals surface area contributed by atoms with E-state index in [0.717, 1.165) is 12.1 Å². The van der Waals surface area contributed by atoms with Crippen LogP contribution in [0.2, 0.25) is 10.0 Å². The molecule has 1 N–H and O–H groups in total. The first kappa shape index (κ1) is 22.2. The zero-order valence-electron chi connectivity index (χ0n) is 16.3. The summed E-state index contributed by atoms with van der Waals surface area (Å²) < 4.78 is 42.5. The maximum Gasteiger partial charge on any atom is 0.435 e. The van der Waals surface area contributed by atoms with Gasteiger partial charge in [-0.2, -0.15) is 13.2 Å². The normalized spacial score (nSPS) is 18.1. The van der Waals surface area contributed by atoms with Crippen LogP contribution in [0.25, 0.3) is 0 Å². The highest BCUT2D eigenvalue weighted by Crippen LogP contribution is 2.49. The second-order valence-corrected chi connectivity index (χ2v) is 8.06. The maximum absolute atomic E-state index is 14.2. The van der Waals surface area contributed by atoms with Crippen molar-refractivity contribution in [1.29, 1.82) is 0 Å². The summed E-state index contributed by atoms with van der Waals surface area (Å²) in [6, 6.07) is 18.6. The third-order valence-electron chi connectivity index (χ3n) is 5.00. The number of oxime groups is 1. The van der Waals surface area contributed by atoms with Crippen LogP contribution < -0.4 is 5.32 Å². The molecule has 0 spiro atoms. The molecule has 0 fully saturated rings. The van der Waals surface area contributed by atoms with Crippen molar-refractivity contribution in [2.45, 2.75) is 18.2 Å². The molecular formula is C23H15Cl2F3N2O2. The molecule has 4 nitrogen and oxygen atoms in total. The van der Waals surface area contributed by atoms with Gasteiger partial charge < -0.3 is 10.2 Å². The van der Waals surface area contributed by atoms with E-state index in [-0.39, 0.29) is 27.2 Å². The van der Waals surface area contributed by atoms with E-state index in [1.54, 1.807) is 54.6 Å². The van der Waals surface area contributed by atoms with Gasteiger partial charge in [0.25, 0.3) is 11.5 Å². The molecule has 1 aliphatic heterocycles. The fourth-order valence-electron chi connectivity index (χ4n) is 3.41. The first-order valence-electron chi connectivity index (χ1n) is 9.43. The number of alkyl halides is 3. The number of carbonyl (C=O) groups excluding carboxylic acids is 1. The molecule has 3 aromatic rings. The molecule has 32 heavy (non-hydrogen) atoms. The second kappa shape index (κ2) is 8.48. The third kappa shape index (κ3) is 4.31. The number of hydrogen-bond donors (Lipinski definition) is 1. The van der Waals surface area contributed by atoms with Gasteiger partial charge in [0.15, 0.2) is 0 Å². The van der Waals surface area contributed by atoms with E-state index in [2.05, 4.69) is 10.5 Å². The molecule has 1 amide bonds. The Labute approximate surface area is 191 Å². The molecule has 0 radical (unpaired) electrons. The Morgan fingerprint density at radius 1 is 0.969 bits per heavy atom. The van der Waals surface area contributed by atoms with E-state index >= 15 is 0 Å². The minimum Gasteiger partial charge on any atom is -0.374 e. The fraction of sp³-hybridized carbons (Fsp3) is 0.130. The smallest absolute Gasteiger partial charge is 0.374 e. The Kier molecular flexibility index (Phi) is 5.88. The van der Waals surface area contributed by atoms with E-state index in [4.69, 9.17) is 28.0 Å². The number of amides is 1. The molecular weight excluding hydrogens is 464 g/mol. The van der Waals surface area contributed by atoms with Crippen LogP contribution in [-0.2, 0) is 10.4 Å². The monoisotopic (exact) mass is 478 g/mol. The Balaban J connectivity index is 1.61. The van der Waals surface area contributed by atoms with Crippen LogP contribution in [0.1, 0.15) is 27.9 Å². The predicted molar refractivity (Wildman–Crippen MR) is 117 cm³/mol. The van der Waals surface area contributed by atoms with E-state index in [1.807, 2.05) is 0 Å². The number of benzene rings is 3. The molecule has 0 saturated heterocycles. The predicted octanol–water partition coefficient (Wildman–Crippen LogP) is 6.83. The molecule has 1 heterocycles. The van der Waals surface area contributed by atoms with Crippen LogP contribution in [0, 0.1) is 0 Å². The zero-order valence-corrected chi connectivity index (χ0v) is 17.8. The van der Waals surface area contributed by atoms with Gasteiger partial charge in [-0.15, -0.1) is 0 Å². The number of halogens is 5. The average Bonchev–Trinajstić information content (AvgIpc) is 3.21. The van der Waals surface area contributed by atoms with Crippen molar-refractivity contribution in [2.75, 3.05) is 5.32 Å². The van der Waals surface area contributed by atoms with Crippen LogP contribution in [0.5, 0.6) is 0 Å². The number of nitrogens with one attached hydrogen (secondary N) is 1. The standard InChI is InChI=1S/C23H15Cl2F3N2O2/c24-17-10-16(11-18(25)12-17)22(23(26,27)28)13-20(30-32-22)15-7-4-8-19(9-15)29-21(31)14-5-2-1-3-6-14/h1-12H,13H2,(H,29,31). The summed E-state index contributed by atoms with van der Waals surface area (Å²) in [5.74, 6) is -0.342. The molecule has 3 aromatic carbocycles. The quantitative estimate of drug-likeness (QED) is 0.446. The first-order chi connectivity index (χ1) is 15.2. The lowest BCUT2D eigenvalue weighted by Crippen LogP contribution is -2.42. The van der Waals surface area contributed by atoms with Gasteiger partial charge in [-0.05, 0) is 42.5 Å². The van der Waals surface area contributed by atoms with Crippen molar-refractivity contribution in [2.24, 2.45) is 5.16 Å². The molecule has 1 aliphatic rings. The van der Waals surface area contributed by atoms with Gasteiger partial charge in [0.1, 0.15) is 0 Å². The molecule has 0 bridgehead atoms. The zero-order chi connectivity index (χ0) is 22.9. The summed E-state index contributed by atoms with van der Waals surface area (Å²) in [5, 5.41) is 6.57. The van der Waals surface area contributed by atoms with Crippen molar-refractivity contribution in [1.82, 2.24) is 0 Å². The molecule has 164 valence electrons. The van der Waals surface area contributed by atoms with Gasteiger partial charge in [0.05, 0.1) is 5.71 Å². The highest BCUT2D eigenvalue weighted by Gasteiger charge is 2.62. The topological polar surface area (TPSA) is 50.7 Å². The van der Waals surface area contributed by atoms with Crippen LogP contribution in [0.4, 0.5) is 18.9 Å². The number of hydrogen-bond acceptors (Lipinski definition) is 3. The highest BCUT2D eigenvalue weighted by molar-refractivity contribution is 6.34. The summed E-state index contributed by atoms with van der Waals surface area (Å²) in [6.07, 6.45) is -5.37. The average molecular weight is 479 g/mol. The van der Waals surface area contributed by atoms with Gasteiger partial charge in [-0.25, -0.2) is 0 Å². The van der Waals surface area contributed by atoms with Gasteiger partial charge in [0.2, 0.25) is 0 Å². The lowest BCUT2D eigenvalue weighted by atomic mass is 9.86.